The molecule has 0 unspecified atom stereocenters. The summed E-state index contributed by atoms with van der Waals surface area (Å²) in [6.07, 6.45) is 0. The lowest BCUT2D eigenvalue weighted by atomic mass is 10.1. The van der Waals surface area contributed by atoms with Crippen LogP contribution in [0.5, 0.6) is 0 Å². The number of hydrogen-bond acceptors (Lipinski definition) is 4. The zero-order chi connectivity index (χ0) is 18.3. The van der Waals surface area contributed by atoms with Gasteiger partial charge in [-0.2, -0.15) is 0 Å². The normalized spacial score (nSPS) is 11.2. The molecule has 0 radical (unpaired) electrons. The summed E-state index contributed by atoms with van der Waals surface area (Å²) in [4.78, 5) is 22.2. The van der Waals surface area contributed by atoms with Gasteiger partial charge in [0.15, 0.2) is 5.65 Å². The highest BCUT2D eigenvalue weighted by atomic mass is 127. The van der Waals surface area contributed by atoms with Crippen LogP contribution in [0.15, 0.2) is 48.5 Å². The highest BCUT2D eigenvalue weighted by Crippen LogP contribution is 2.33. The summed E-state index contributed by atoms with van der Waals surface area (Å²) < 4.78 is 8.38. The Morgan fingerprint density at radius 2 is 1.73 bits per heavy atom. The second kappa shape index (κ2) is 6.68. The fourth-order valence-corrected chi connectivity index (χ4v) is 3.48. The number of fused-ring (bicyclic) bond motifs is 2. The SMILES string of the molecule is CCOC(=O)c1c(-c2ccc(I)cc2)n(C)c2nc3ccccc3nc12. The lowest BCUT2D eigenvalue weighted by Gasteiger charge is -2.07. The van der Waals surface area contributed by atoms with Crippen molar-refractivity contribution in [3.8, 4) is 11.3 Å². The zero-order valence-corrected chi connectivity index (χ0v) is 16.5. The van der Waals surface area contributed by atoms with Crippen LogP contribution >= 0.6 is 22.6 Å². The summed E-state index contributed by atoms with van der Waals surface area (Å²) in [5.74, 6) is -0.378. The van der Waals surface area contributed by atoms with Crippen molar-refractivity contribution in [2.24, 2.45) is 7.05 Å². The number of aromatic nitrogens is 3. The average molecular weight is 457 g/mol. The number of benzene rings is 2. The molecule has 130 valence electrons. The second-order valence-electron chi connectivity index (χ2n) is 5.89. The zero-order valence-electron chi connectivity index (χ0n) is 14.4. The molecule has 0 aliphatic carbocycles. The third-order valence-corrected chi connectivity index (χ3v) is 5.00. The largest absolute Gasteiger partial charge is 0.462 e. The first-order chi connectivity index (χ1) is 12.6. The predicted octanol–water partition coefficient (Wildman–Crippen LogP) is 4.57. The Balaban J connectivity index is 2.09. The molecule has 0 atom stereocenters. The minimum Gasteiger partial charge on any atom is -0.462 e. The molecule has 2 aromatic heterocycles. The number of carbonyl (C=O) groups excluding carboxylic acids is 1. The third-order valence-electron chi connectivity index (χ3n) is 4.28. The van der Waals surface area contributed by atoms with Gasteiger partial charge in [0.25, 0.3) is 0 Å². The van der Waals surface area contributed by atoms with E-state index in [1.807, 2.05) is 60.1 Å². The molecule has 2 heterocycles. The minimum absolute atomic E-state index is 0.308. The molecule has 4 aromatic rings. The molecule has 0 saturated heterocycles. The first-order valence-electron chi connectivity index (χ1n) is 8.28. The molecule has 0 amide bonds. The topological polar surface area (TPSA) is 57.0 Å². The Morgan fingerprint density at radius 1 is 1.08 bits per heavy atom. The van der Waals surface area contributed by atoms with E-state index in [4.69, 9.17) is 14.7 Å². The molecule has 0 spiro atoms. The molecule has 0 fully saturated rings. The summed E-state index contributed by atoms with van der Waals surface area (Å²) in [5.41, 5.74) is 4.95. The fourth-order valence-electron chi connectivity index (χ4n) is 3.12. The molecule has 2 aromatic carbocycles. The molecular weight excluding hydrogens is 441 g/mol. The summed E-state index contributed by atoms with van der Waals surface area (Å²) in [7, 11) is 1.90. The number of halogens is 1. The van der Waals surface area contributed by atoms with Crippen LogP contribution in [0.4, 0.5) is 0 Å². The quantitative estimate of drug-likeness (QED) is 0.334. The Labute approximate surface area is 164 Å². The van der Waals surface area contributed by atoms with Crippen LogP contribution in [0.25, 0.3) is 33.5 Å². The van der Waals surface area contributed by atoms with E-state index >= 15 is 0 Å². The molecule has 0 aliphatic rings. The van der Waals surface area contributed by atoms with E-state index in [1.165, 1.54) is 0 Å². The molecule has 0 aliphatic heterocycles. The molecule has 26 heavy (non-hydrogen) atoms. The van der Waals surface area contributed by atoms with Crippen LogP contribution in [-0.2, 0) is 11.8 Å². The monoisotopic (exact) mass is 457 g/mol. The van der Waals surface area contributed by atoms with Crippen LogP contribution in [0.2, 0.25) is 0 Å². The van der Waals surface area contributed by atoms with Gasteiger partial charge in [0.1, 0.15) is 11.1 Å². The van der Waals surface area contributed by atoms with Crippen molar-refractivity contribution in [2.45, 2.75) is 6.92 Å². The van der Waals surface area contributed by atoms with Crippen LogP contribution < -0.4 is 0 Å². The molecule has 5 nitrogen and oxygen atoms in total. The summed E-state index contributed by atoms with van der Waals surface area (Å²) in [5, 5.41) is 0. The highest BCUT2D eigenvalue weighted by Gasteiger charge is 2.25. The number of hydrogen-bond donors (Lipinski definition) is 0. The standard InChI is InChI=1S/C20H16IN3O2/c1-3-26-20(25)16-17-19(23-15-7-5-4-6-14(15)22-17)24(2)18(16)12-8-10-13(21)11-9-12/h4-11H,3H2,1-2H3. The van der Waals surface area contributed by atoms with Gasteiger partial charge in [-0.15, -0.1) is 0 Å². The minimum atomic E-state index is -0.378. The van der Waals surface area contributed by atoms with Crippen LogP contribution in [-0.4, -0.2) is 27.1 Å². The number of nitrogens with zero attached hydrogens (tertiary/aromatic N) is 3. The average Bonchev–Trinajstić information content (AvgIpc) is 2.93. The molecule has 4 rings (SSSR count). The predicted molar refractivity (Wildman–Crippen MR) is 110 cm³/mol. The summed E-state index contributed by atoms with van der Waals surface area (Å²) in [6.45, 7) is 2.11. The van der Waals surface area contributed by atoms with E-state index < -0.39 is 0 Å². The third kappa shape index (κ3) is 2.74. The van der Waals surface area contributed by atoms with Gasteiger partial charge in [-0.1, -0.05) is 24.3 Å². The lowest BCUT2D eigenvalue weighted by Crippen LogP contribution is -2.07. The maximum absolute atomic E-state index is 12.8. The van der Waals surface area contributed by atoms with E-state index in [0.29, 0.717) is 23.3 Å². The van der Waals surface area contributed by atoms with Crippen molar-refractivity contribution in [3.63, 3.8) is 0 Å². The Morgan fingerprint density at radius 3 is 2.38 bits per heavy atom. The van der Waals surface area contributed by atoms with Crippen molar-refractivity contribution in [3.05, 3.63) is 57.7 Å². The van der Waals surface area contributed by atoms with Gasteiger partial charge >= 0.3 is 5.97 Å². The molecule has 6 heteroatoms. The van der Waals surface area contributed by atoms with Crippen molar-refractivity contribution >= 4 is 50.8 Å². The van der Waals surface area contributed by atoms with E-state index in [-0.39, 0.29) is 5.97 Å². The van der Waals surface area contributed by atoms with E-state index in [1.54, 1.807) is 6.92 Å². The van der Waals surface area contributed by atoms with Crippen LogP contribution in [0.1, 0.15) is 17.3 Å². The molecular formula is C20H16IN3O2. The second-order valence-corrected chi connectivity index (χ2v) is 7.14. The maximum Gasteiger partial charge on any atom is 0.342 e. The summed E-state index contributed by atoms with van der Waals surface area (Å²) >= 11 is 2.26. The fraction of sp³-hybridized carbons (Fsp3) is 0.150. The van der Waals surface area contributed by atoms with Gasteiger partial charge in [0.2, 0.25) is 0 Å². The number of ether oxygens (including phenoxy) is 1. The van der Waals surface area contributed by atoms with Gasteiger partial charge in [0, 0.05) is 10.6 Å². The van der Waals surface area contributed by atoms with Crippen molar-refractivity contribution in [1.29, 1.82) is 0 Å². The number of rotatable bonds is 3. The van der Waals surface area contributed by atoms with Crippen LogP contribution in [0, 0.1) is 3.57 Å². The maximum atomic E-state index is 12.8. The summed E-state index contributed by atoms with van der Waals surface area (Å²) in [6, 6.07) is 15.7. The van der Waals surface area contributed by atoms with Gasteiger partial charge in [-0.05, 0) is 59.3 Å². The van der Waals surface area contributed by atoms with Crippen molar-refractivity contribution in [2.75, 3.05) is 6.61 Å². The Hall–Kier alpha value is -2.48. The lowest BCUT2D eigenvalue weighted by molar-refractivity contribution is 0.0529. The van der Waals surface area contributed by atoms with Crippen molar-refractivity contribution in [1.82, 2.24) is 14.5 Å². The van der Waals surface area contributed by atoms with Crippen LogP contribution in [0.3, 0.4) is 0 Å². The first-order valence-corrected chi connectivity index (χ1v) is 9.36. The van der Waals surface area contributed by atoms with Gasteiger partial charge < -0.3 is 9.30 Å². The van der Waals surface area contributed by atoms with Crippen molar-refractivity contribution < 1.29 is 9.53 Å². The molecule has 0 saturated carbocycles. The van der Waals surface area contributed by atoms with E-state index in [2.05, 4.69) is 22.6 Å². The van der Waals surface area contributed by atoms with Gasteiger partial charge in [-0.3, -0.25) is 0 Å². The number of carbonyl (C=O) groups is 1. The van der Waals surface area contributed by atoms with Gasteiger partial charge in [0.05, 0.1) is 23.3 Å². The van der Waals surface area contributed by atoms with E-state index in [9.17, 15) is 4.79 Å². The number of para-hydroxylation sites is 2. The molecule has 0 bridgehead atoms. The first kappa shape index (κ1) is 17.0. The number of aryl methyl sites for hydroxylation is 1. The smallest absolute Gasteiger partial charge is 0.342 e. The molecule has 0 N–H and O–H groups in total. The Kier molecular flexibility index (Phi) is 4.36. The number of esters is 1. The van der Waals surface area contributed by atoms with Gasteiger partial charge in [-0.25, -0.2) is 14.8 Å². The Bertz CT molecular complexity index is 1130. The highest BCUT2D eigenvalue weighted by molar-refractivity contribution is 14.1. The van der Waals surface area contributed by atoms with E-state index in [0.717, 1.165) is 25.9 Å².